The van der Waals surface area contributed by atoms with Gasteiger partial charge in [0.25, 0.3) is 5.69 Å². The summed E-state index contributed by atoms with van der Waals surface area (Å²) in [5.74, 6) is -8.27. The largest absolute Gasteiger partial charge is 0.477 e. The van der Waals surface area contributed by atoms with Gasteiger partial charge < -0.3 is 5.11 Å². The minimum absolute atomic E-state index is 0.131. The summed E-state index contributed by atoms with van der Waals surface area (Å²) in [6.07, 6.45) is 0. The third-order valence-corrected chi connectivity index (χ3v) is 1.76. The smallest absolute Gasteiger partial charge is 0.379 e. The second-order valence-corrected chi connectivity index (χ2v) is 2.80. The summed E-state index contributed by atoms with van der Waals surface area (Å²) < 4.78 is 38.7. The van der Waals surface area contributed by atoms with Gasteiger partial charge in [0.1, 0.15) is 11.4 Å². The maximum atomic E-state index is 13.0. The summed E-state index contributed by atoms with van der Waals surface area (Å²) in [6.45, 7) is 0. The van der Waals surface area contributed by atoms with Crippen molar-refractivity contribution in [3.8, 4) is 0 Å². The van der Waals surface area contributed by atoms with Gasteiger partial charge in [-0.3, -0.25) is 10.1 Å². The monoisotopic (exact) mass is 235 g/mol. The Kier molecular flexibility index (Phi) is 2.84. The van der Waals surface area contributed by atoms with Crippen LogP contribution in [0.4, 0.5) is 18.9 Å². The number of hydrogen-bond acceptors (Lipinski definition) is 3. The molecule has 0 unspecified atom stereocenters. The van der Waals surface area contributed by atoms with Crippen LogP contribution in [0.15, 0.2) is 18.2 Å². The maximum absolute atomic E-state index is 13.0. The van der Waals surface area contributed by atoms with Gasteiger partial charge in [0, 0.05) is 6.07 Å². The molecule has 0 heterocycles. The Balaban J connectivity index is 3.47. The van der Waals surface area contributed by atoms with E-state index in [0.29, 0.717) is 12.1 Å². The number of benzene rings is 1. The first-order chi connectivity index (χ1) is 7.26. The van der Waals surface area contributed by atoms with E-state index in [1.807, 2.05) is 0 Å². The van der Waals surface area contributed by atoms with Crippen molar-refractivity contribution in [1.29, 1.82) is 0 Å². The van der Waals surface area contributed by atoms with Crippen molar-refractivity contribution >= 4 is 11.7 Å². The zero-order valence-corrected chi connectivity index (χ0v) is 7.49. The van der Waals surface area contributed by atoms with Crippen LogP contribution < -0.4 is 0 Å². The number of halogens is 3. The van der Waals surface area contributed by atoms with Gasteiger partial charge in [-0.05, 0) is 12.1 Å². The quantitative estimate of drug-likeness (QED) is 0.640. The van der Waals surface area contributed by atoms with Crippen LogP contribution in [-0.2, 0) is 10.7 Å². The number of aliphatic carboxylic acids is 1. The van der Waals surface area contributed by atoms with E-state index in [0.717, 1.165) is 0 Å². The molecule has 1 rings (SSSR count). The topological polar surface area (TPSA) is 80.4 Å². The molecular weight excluding hydrogens is 231 g/mol. The normalized spacial score (nSPS) is 11.2. The number of alkyl halides is 2. The van der Waals surface area contributed by atoms with Crippen molar-refractivity contribution < 1.29 is 28.0 Å². The van der Waals surface area contributed by atoms with Gasteiger partial charge >= 0.3 is 11.9 Å². The van der Waals surface area contributed by atoms with Crippen molar-refractivity contribution in [2.75, 3.05) is 0 Å². The molecule has 0 radical (unpaired) electrons. The Morgan fingerprint density at radius 3 is 2.44 bits per heavy atom. The van der Waals surface area contributed by atoms with Crippen LogP contribution in [0.5, 0.6) is 0 Å². The standard InChI is InChI=1S/C8H4F3NO4/c9-4-1-2-6(12(15)16)5(3-4)8(10,11)7(13)14/h1-3H,(H,13,14). The first-order valence-electron chi connectivity index (χ1n) is 3.82. The summed E-state index contributed by atoms with van der Waals surface area (Å²) in [5.41, 5.74) is -2.63. The minimum atomic E-state index is -4.51. The average molecular weight is 235 g/mol. The van der Waals surface area contributed by atoms with E-state index >= 15 is 0 Å². The number of carboxylic acid groups (broad SMARTS) is 1. The lowest BCUT2D eigenvalue weighted by Gasteiger charge is -2.11. The zero-order chi connectivity index (χ0) is 12.5. The molecule has 0 saturated heterocycles. The van der Waals surface area contributed by atoms with Gasteiger partial charge in [-0.15, -0.1) is 0 Å². The molecule has 0 bridgehead atoms. The Hall–Kier alpha value is -2.12. The van der Waals surface area contributed by atoms with Crippen LogP contribution in [0.25, 0.3) is 0 Å². The lowest BCUT2D eigenvalue weighted by molar-refractivity contribution is -0.386. The van der Waals surface area contributed by atoms with Crippen LogP contribution in [0.1, 0.15) is 5.56 Å². The molecular formula is C8H4F3NO4. The second kappa shape index (κ2) is 3.80. The van der Waals surface area contributed by atoms with Gasteiger partial charge in [0.15, 0.2) is 0 Å². The number of nitrogens with zero attached hydrogens (tertiary/aromatic N) is 1. The highest BCUT2D eigenvalue weighted by Crippen LogP contribution is 2.35. The molecule has 5 nitrogen and oxygen atoms in total. The molecule has 0 aliphatic rings. The van der Waals surface area contributed by atoms with Gasteiger partial charge in [0.2, 0.25) is 0 Å². The molecule has 86 valence electrons. The molecule has 0 amide bonds. The molecule has 1 N–H and O–H groups in total. The predicted octanol–water partition coefficient (Wildman–Crippen LogP) is 1.91. The zero-order valence-electron chi connectivity index (χ0n) is 7.49. The van der Waals surface area contributed by atoms with E-state index in [9.17, 15) is 28.1 Å². The molecule has 0 fully saturated rings. The first-order valence-corrected chi connectivity index (χ1v) is 3.82. The summed E-state index contributed by atoms with van der Waals surface area (Å²) in [6, 6.07) is 1.22. The molecule has 16 heavy (non-hydrogen) atoms. The van der Waals surface area contributed by atoms with E-state index in [1.165, 1.54) is 0 Å². The van der Waals surface area contributed by atoms with Crippen molar-refractivity contribution in [1.82, 2.24) is 0 Å². The Morgan fingerprint density at radius 2 is 2.00 bits per heavy atom. The van der Waals surface area contributed by atoms with Crippen LogP contribution in [0.2, 0.25) is 0 Å². The number of hydrogen-bond donors (Lipinski definition) is 1. The summed E-state index contributed by atoms with van der Waals surface area (Å²) in [7, 11) is 0. The highest BCUT2D eigenvalue weighted by molar-refractivity contribution is 5.79. The molecule has 1 aromatic rings. The molecule has 8 heteroatoms. The Morgan fingerprint density at radius 1 is 1.44 bits per heavy atom. The molecule has 0 aliphatic heterocycles. The van der Waals surface area contributed by atoms with Crippen LogP contribution in [-0.4, -0.2) is 16.0 Å². The van der Waals surface area contributed by atoms with E-state index in [2.05, 4.69) is 0 Å². The van der Waals surface area contributed by atoms with E-state index in [1.54, 1.807) is 0 Å². The predicted molar refractivity (Wildman–Crippen MR) is 44.6 cm³/mol. The number of carboxylic acids is 1. The van der Waals surface area contributed by atoms with Gasteiger partial charge in [-0.25, -0.2) is 9.18 Å². The van der Waals surface area contributed by atoms with E-state index in [4.69, 9.17) is 5.11 Å². The SMILES string of the molecule is O=C(O)C(F)(F)c1cc(F)ccc1[N+](=O)[O-]. The van der Waals surface area contributed by atoms with E-state index in [-0.39, 0.29) is 6.07 Å². The summed E-state index contributed by atoms with van der Waals surface area (Å²) in [4.78, 5) is 19.4. The van der Waals surface area contributed by atoms with Gasteiger partial charge in [-0.2, -0.15) is 8.78 Å². The number of rotatable bonds is 3. The minimum Gasteiger partial charge on any atom is -0.477 e. The molecule has 0 aliphatic carbocycles. The van der Waals surface area contributed by atoms with Crippen molar-refractivity contribution in [3.63, 3.8) is 0 Å². The maximum Gasteiger partial charge on any atom is 0.379 e. The third kappa shape index (κ3) is 1.95. The second-order valence-electron chi connectivity index (χ2n) is 2.80. The molecule has 0 spiro atoms. The van der Waals surface area contributed by atoms with Crippen molar-refractivity contribution in [2.24, 2.45) is 0 Å². The van der Waals surface area contributed by atoms with E-state index < -0.39 is 33.9 Å². The van der Waals surface area contributed by atoms with Crippen LogP contribution >= 0.6 is 0 Å². The average Bonchev–Trinajstić information content (AvgIpc) is 2.16. The Bertz CT molecular complexity index is 461. The summed E-state index contributed by atoms with van der Waals surface area (Å²) in [5, 5.41) is 18.6. The lowest BCUT2D eigenvalue weighted by Crippen LogP contribution is -2.26. The lowest BCUT2D eigenvalue weighted by atomic mass is 10.1. The fourth-order valence-corrected chi connectivity index (χ4v) is 1.03. The molecule has 0 saturated carbocycles. The van der Waals surface area contributed by atoms with Crippen molar-refractivity contribution in [2.45, 2.75) is 5.92 Å². The fraction of sp³-hybridized carbons (Fsp3) is 0.125. The summed E-state index contributed by atoms with van der Waals surface area (Å²) >= 11 is 0. The highest BCUT2D eigenvalue weighted by Gasteiger charge is 2.46. The van der Waals surface area contributed by atoms with Gasteiger partial charge in [-0.1, -0.05) is 0 Å². The van der Waals surface area contributed by atoms with Crippen LogP contribution in [0, 0.1) is 15.9 Å². The van der Waals surface area contributed by atoms with Crippen molar-refractivity contribution in [3.05, 3.63) is 39.7 Å². The first kappa shape index (κ1) is 12.0. The Labute approximate surface area is 86.3 Å². The van der Waals surface area contributed by atoms with Crippen LogP contribution in [0.3, 0.4) is 0 Å². The number of nitro groups is 1. The number of carbonyl (C=O) groups is 1. The number of nitro benzene ring substituents is 1. The van der Waals surface area contributed by atoms with Gasteiger partial charge in [0.05, 0.1) is 4.92 Å². The molecule has 1 aromatic carbocycles. The third-order valence-electron chi connectivity index (χ3n) is 1.76. The molecule has 0 atom stereocenters. The fourth-order valence-electron chi connectivity index (χ4n) is 1.03. The highest BCUT2D eigenvalue weighted by atomic mass is 19.3. The molecule has 0 aromatic heterocycles.